The molecule has 0 saturated carbocycles. The van der Waals surface area contributed by atoms with Crippen molar-refractivity contribution in [2.45, 2.75) is 30.0 Å². The third kappa shape index (κ3) is 4.09. The Morgan fingerprint density at radius 2 is 2.07 bits per heavy atom. The van der Waals surface area contributed by atoms with Gasteiger partial charge in [-0.25, -0.2) is 4.98 Å². The maximum absolute atomic E-state index is 13.2. The zero-order chi connectivity index (χ0) is 20.4. The molecule has 0 N–H and O–H groups in total. The summed E-state index contributed by atoms with van der Waals surface area (Å²) in [7, 11) is 1.63. The minimum absolute atomic E-state index is 0.0548. The lowest BCUT2D eigenvalue weighted by atomic mass is 10.2. The van der Waals surface area contributed by atoms with E-state index >= 15 is 0 Å². The van der Waals surface area contributed by atoms with Crippen LogP contribution >= 0.6 is 23.1 Å². The van der Waals surface area contributed by atoms with Crippen LogP contribution in [0.5, 0.6) is 5.75 Å². The number of carbonyl (C=O) groups excluding carboxylic acids is 2. The molecule has 1 aliphatic heterocycles. The molecule has 1 amide bonds. The zero-order valence-corrected chi connectivity index (χ0v) is 17.7. The number of aromatic nitrogens is 1. The second kappa shape index (κ2) is 8.42. The highest BCUT2D eigenvalue weighted by atomic mass is 32.2. The lowest BCUT2D eigenvalue weighted by Gasteiger charge is -2.32. The predicted molar refractivity (Wildman–Crippen MR) is 115 cm³/mol. The van der Waals surface area contributed by atoms with Crippen LogP contribution in [0.25, 0.3) is 10.2 Å². The molecule has 1 atom stereocenters. The molecule has 0 bridgehead atoms. The van der Waals surface area contributed by atoms with E-state index in [-0.39, 0.29) is 18.3 Å². The highest BCUT2D eigenvalue weighted by molar-refractivity contribution is 8.01. The SMILES string of the molecule is CCOC(=O)CC1Sc2ccccc2N(Cc2nc3ccc(OC)cc3s2)C1=O. The molecular weight excluding hydrogens is 408 g/mol. The van der Waals surface area contributed by atoms with Crippen LogP contribution in [0.15, 0.2) is 47.4 Å². The summed E-state index contributed by atoms with van der Waals surface area (Å²) in [5.74, 6) is 0.321. The van der Waals surface area contributed by atoms with Gasteiger partial charge in [0.15, 0.2) is 0 Å². The topological polar surface area (TPSA) is 68.7 Å². The van der Waals surface area contributed by atoms with Crippen molar-refractivity contribution >= 4 is 50.9 Å². The Morgan fingerprint density at radius 3 is 2.86 bits per heavy atom. The maximum atomic E-state index is 13.2. The first-order chi connectivity index (χ1) is 14.1. The van der Waals surface area contributed by atoms with E-state index in [0.717, 1.165) is 31.6 Å². The average Bonchev–Trinajstić information content (AvgIpc) is 3.12. The van der Waals surface area contributed by atoms with Crippen LogP contribution < -0.4 is 9.64 Å². The highest BCUT2D eigenvalue weighted by Gasteiger charge is 2.35. The van der Waals surface area contributed by atoms with Gasteiger partial charge in [0.1, 0.15) is 10.8 Å². The van der Waals surface area contributed by atoms with E-state index in [0.29, 0.717) is 13.2 Å². The van der Waals surface area contributed by atoms with Gasteiger partial charge in [-0.05, 0) is 37.3 Å². The molecule has 1 unspecified atom stereocenters. The van der Waals surface area contributed by atoms with Crippen LogP contribution in [0.4, 0.5) is 5.69 Å². The minimum atomic E-state index is -0.501. The summed E-state index contributed by atoms with van der Waals surface area (Å²) in [6.07, 6.45) is 0.0548. The monoisotopic (exact) mass is 428 g/mol. The number of para-hydroxylation sites is 1. The Bertz CT molecular complexity index is 1070. The summed E-state index contributed by atoms with van der Waals surface area (Å²) >= 11 is 2.95. The average molecular weight is 429 g/mol. The van der Waals surface area contributed by atoms with E-state index in [2.05, 4.69) is 4.98 Å². The highest BCUT2D eigenvalue weighted by Crippen LogP contribution is 2.41. The molecule has 0 spiro atoms. The molecule has 8 heteroatoms. The van der Waals surface area contributed by atoms with Gasteiger partial charge in [0.2, 0.25) is 5.91 Å². The van der Waals surface area contributed by atoms with Crippen molar-refractivity contribution in [1.82, 2.24) is 4.98 Å². The van der Waals surface area contributed by atoms with E-state index in [4.69, 9.17) is 9.47 Å². The number of amides is 1. The van der Waals surface area contributed by atoms with Crippen LogP contribution in [-0.4, -0.2) is 35.8 Å². The molecule has 3 aromatic rings. The summed E-state index contributed by atoms with van der Waals surface area (Å²) in [5, 5.41) is 0.330. The molecule has 4 rings (SSSR count). The number of hydrogen-bond acceptors (Lipinski definition) is 7. The number of carbonyl (C=O) groups is 2. The lowest BCUT2D eigenvalue weighted by molar-refractivity contribution is -0.144. The molecule has 0 aliphatic carbocycles. The molecule has 150 valence electrons. The first-order valence-corrected chi connectivity index (χ1v) is 10.9. The number of anilines is 1. The molecule has 0 radical (unpaired) electrons. The van der Waals surface area contributed by atoms with Crippen LogP contribution in [0.1, 0.15) is 18.4 Å². The molecule has 0 fully saturated rings. The van der Waals surface area contributed by atoms with E-state index in [1.54, 1.807) is 18.9 Å². The number of thiazole rings is 1. The predicted octanol–water partition coefficient (Wildman–Crippen LogP) is 4.27. The number of nitrogens with zero attached hydrogens (tertiary/aromatic N) is 2. The van der Waals surface area contributed by atoms with Crippen LogP contribution in [-0.2, 0) is 20.9 Å². The number of methoxy groups -OCH3 is 1. The van der Waals surface area contributed by atoms with Gasteiger partial charge in [0.25, 0.3) is 0 Å². The summed E-state index contributed by atoms with van der Waals surface area (Å²) in [6, 6.07) is 13.5. The van der Waals surface area contributed by atoms with Gasteiger partial charge in [-0.1, -0.05) is 12.1 Å². The Labute approximate surface area is 176 Å². The zero-order valence-electron chi connectivity index (χ0n) is 16.1. The van der Waals surface area contributed by atoms with Crippen molar-refractivity contribution in [1.29, 1.82) is 0 Å². The molecule has 2 heterocycles. The smallest absolute Gasteiger partial charge is 0.307 e. The largest absolute Gasteiger partial charge is 0.497 e. The maximum Gasteiger partial charge on any atom is 0.307 e. The quantitative estimate of drug-likeness (QED) is 0.546. The first kappa shape index (κ1) is 19.7. The van der Waals surface area contributed by atoms with Gasteiger partial charge < -0.3 is 14.4 Å². The van der Waals surface area contributed by atoms with Crippen molar-refractivity contribution < 1.29 is 19.1 Å². The Morgan fingerprint density at radius 1 is 1.24 bits per heavy atom. The number of fused-ring (bicyclic) bond motifs is 2. The third-order valence-corrected chi connectivity index (χ3v) is 6.81. The van der Waals surface area contributed by atoms with Crippen LogP contribution in [0.3, 0.4) is 0 Å². The Kier molecular flexibility index (Phi) is 5.73. The van der Waals surface area contributed by atoms with E-state index in [1.807, 2.05) is 42.5 Å². The molecule has 29 heavy (non-hydrogen) atoms. The van der Waals surface area contributed by atoms with Crippen LogP contribution in [0.2, 0.25) is 0 Å². The van der Waals surface area contributed by atoms with Gasteiger partial charge in [0, 0.05) is 4.90 Å². The minimum Gasteiger partial charge on any atom is -0.497 e. The normalized spacial score (nSPS) is 16.0. The van der Waals surface area contributed by atoms with Crippen molar-refractivity contribution in [3.63, 3.8) is 0 Å². The fourth-order valence-corrected chi connectivity index (χ4v) is 5.42. The first-order valence-electron chi connectivity index (χ1n) is 9.25. The van der Waals surface area contributed by atoms with E-state index in [1.165, 1.54) is 23.1 Å². The second-order valence-electron chi connectivity index (χ2n) is 6.45. The number of benzene rings is 2. The number of esters is 1. The van der Waals surface area contributed by atoms with Crippen molar-refractivity contribution in [2.75, 3.05) is 18.6 Å². The van der Waals surface area contributed by atoms with Crippen molar-refractivity contribution in [3.8, 4) is 5.75 Å². The Balaban J connectivity index is 1.64. The molecule has 6 nitrogen and oxygen atoms in total. The summed E-state index contributed by atoms with van der Waals surface area (Å²) < 4.78 is 11.3. The van der Waals surface area contributed by atoms with Gasteiger partial charge in [0.05, 0.1) is 47.8 Å². The summed E-state index contributed by atoms with van der Waals surface area (Å²) in [4.78, 5) is 32.6. The van der Waals surface area contributed by atoms with Crippen molar-refractivity contribution in [2.24, 2.45) is 0 Å². The second-order valence-corrected chi connectivity index (χ2v) is 8.81. The standard InChI is InChI=1S/C21H20N2O4S2/c1-3-27-20(24)11-18-21(25)23(15-6-4-5-7-16(15)28-18)12-19-22-14-9-8-13(26-2)10-17(14)29-19/h4-10,18H,3,11-12H2,1-2H3. The fourth-order valence-electron chi connectivity index (χ4n) is 3.22. The van der Waals surface area contributed by atoms with Crippen LogP contribution in [0, 0.1) is 0 Å². The van der Waals surface area contributed by atoms with E-state index < -0.39 is 5.25 Å². The molecule has 1 aliphatic rings. The Hall–Kier alpha value is -2.58. The lowest BCUT2D eigenvalue weighted by Crippen LogP contribution is -2.41. The number of rotatable bonds is 6. The van der Waals surface area contributed by atoms with Gasteiger partial charge in [-0.15, -0.1) is 23.1 Å². The number of thioether (sulfide) groups is 1. The fraction of sp³-hybridized carbons (Fsp3) is 0.286. The molecule has 0 saturated heterocycles. The summed E-state index contributed by atoms with van der Waals surface area (Å²) in [5.41, 5.74) is 1.72. The van der Waals surface area contributed by atoms with E-state index in [9.17, 15) is 9.59 Å². The summed E-state index contributed by atoms with van der Waals surface area (Å²) in [6.45, 7) is 2.43. The van der Waals surface area contributed by atoms with Crippen molar-refractivity contribution in [3.05, 3.63) is 47.5 Å². The molecule has 1 aromatic heterocycles. The number of ether oxygens (including phenoxy) is 2. The van der Waals surface area contributed by atoms with Gasteiger partial charge in [-0.2, -0.15) is 0 Å². The van der Waals surface area contributed by atoms with Gasteiger partial charge >= 0.3 is 5.97 Å². The molecule has 2 aromatic carbocycles. The number of hydrogen-bond donors (Lipinski definition) is 0. The molecular formula is C21H20N2O4S2. The third-order valence-electron chi connectivity index (χ3n) is 4.56. The van der Waals surface area contributed by atoms with Gasteiger partial charge in [-0.3, -0.25) is 9.59 Å².